The van der Waals surface area contributed by atoms with Gasteiger partial charge in [0.05, 0.1) is 24.9 Å². The predicted molar refractivity (Wildman–Crippen MR) is 113 cm³/mol. The molecule has 0 saturated carbocycles. The summed E-state index contributed by atoms with van der Waals surface area (Å²) in [7, 11) is 3.24. The molecule has 28 heavy (non-hydrogen) atoms. The van der Waals surface area contributed by atoms with E-state index < -0.39 is 0 Å². The molecule has 0 aliphatic heterocycles. The molecule has 0 unspecified atom stereocenters. The molecule has 0 aliphatic carbocycles. The second-order valence-electron chi connectivity index (χ2n) is 6.37. The van der Waals surface area contributed by atoms with Gasteiger partial charge < -0.3 is 20.1 Å². The third-order valence-electron chi connectivity index (χ3n) is 4.25. The lowest BCUT2D eigenvalue weighted by Gasteiger charge is -2.13. The van der Waals surface area contributed by atoms with Crippen molar-refractivity contribution >= 4 is 29.1 Å². The van der Waals surface area contributed by atoms with Crippen molar-refractivity contribution in [2.45, 2.75) is 20.4 Å². The molecule has 146 valence electrons. The molecule has 0 saturated heterocycles. The minimum absolute atomic E-state index is 0.478. The number of halogens is 1. The van der Waals surface area contributed by atoms with Crippen LogP contribution >= 0.6 is 11.6 Å². The number of methoxy groups -OCH3 is 2. The highest BCUT2D eigenvalue weighted by Crippen LogP contribution is 2.30. The quantitative estimate of drug-likeness (QED) is 0.575. The molecule has 3 rings (SSSR count). The topological polar surface area (TPSA) is 68.3 Å². The Morgan fingerprint density at radius 1 is 1.00 bits per heavy atom. The van der Waals surface area contributed by atoms with Crippen molar-refractivity contribution in [3.63, 3.8) is 0 Å². The molecule has 0 amide bonds. The van der Waals surface area contributed by atoms with Crippen molar-refractivity contribution < 1.29 is 9.47 Å². The van der Waals surface area contributed by atoms with E-state index in [0.717, 1.165) is 22.4 Å². The van der Waals surface area contributed by atoms with Gasteiger partial charge in [-0.2, -0.15) is 4.98 Å². The summed E-state index contributed by atoms with van der Waals surface area (Å²) in [5.74, 6) is 2.57. The molecule has 1 heterocycles. The second-order valence-corrected chi connectivity index (χ2v) is 6.78. The summed E-state index contributed by atoms with van der Waals surface area (Å²) < 4.78 is 10.6. The molecule has 0 fully saturated rings. The highest BCUT2D eigenvalue weighted by atomic mass is 35.5. The van der Waals surface area contributed by atoms with E-state index in [1.807, 2.05) is 44.2 Å². The van der Waals surface area contributed by atoms with Crippen LogP contribution in [0.3, 0.4) is 0 Å². The zero-order chi connectivity index (χ0) is 20.1. The number of rotatable bonds is 7. The van der Waals surface area contributed by atoms with E-state index >= 15 is 0 Å². The number of hydrogen-bond acceptors (Lipinski definition) is 6. The van der Waals surface area contributed by atoms with Gasteiger partial charge in [-0.1, -0.05) is 23.7 Å². The van der Waals surface area contributed by atoms with Crippen molar-refractivity contribution in [3.05, 3.63) is 64.3 Å². The molecule has 3 aromatic rings. The largest absolute Gasteiger partial charge is 0.493 e. The van der Waals surface area contributed by atoms with E-state index in [-0.39, 0.29) is 0 Å². The Balaban J connectivity index is 1.72. The Morgan fingerprint density at radius 2 is 1.79 bits per heavy atom. The zero-order valence-corrected chi connectivity index (χ0v) is 17.1. The van der Waals surface area contributed by atoms with Crippen LogP contribution in [0.1, 0.15) is 16.7 Å². The fourth-order valence-corrected chi connectivity index (χ4v) is 3.25. The van der Waals surface area contributed by atoms with Gasteiger partial charge in [-0.3, -0.25) is 0 Å². The van der Waals surface area contributed by atoms with Crippen molar-refractivity contribution in [3.8, 4) is 11.5 Å². The Bertz CT molecular complexity index is 955. The van der Waals surface area contributed by atoms with Gasteiger partial charge in [0.25, 0.3) is 0 Å². The summed E-state index contributed by atoms with van der Waals surface area (Å²) in [6, 6.07) is 11.6. The summed E-state index contributed by atoms with van der Waals surface area (Å²) in [5, 5.41) is 7.15. The van der Waals surface area contributed by atoms with E-state index in [9.17, 15) is 0 Å². The van der Waals surface area contributed by atoms with Crippen molar-refractivity contribution in [1.82, 2.24) is 9.97 Å². The van der Waals surface area contributed by atoms with Crippen LogP contribution in [0.15, 0.2) is 42.6 Å². The first-order valence-corrected chi connectivity index (χ1v) is 9.19. The normalized spacial score (nSPS) is 10.5. The molecule has 1 aromatic heterocycles. The van der Waals surface area contributed by atoms with Crippen molar-refractivity contribution in [1.29, 1.82) is 0 Å². The highest BCUT2D eigenvalue weighted by Gasteiger charge is 2.09. The number of ether oxygens (including phenoxy) is 2. The average molecular weight is 399 g/mol. The molecule has 2 N–H and O–H groups in total. The van der Waals surface area contributed by atoms with E-state index in [1.165, 1.54) is 0 Å². The van der Waals surface area contributed by atoms with Gasteiger partial charge >= 0.3 is 0 Å². The Labute approximate surface area is 169 Å². The average Bonchev–Trinajstić information content (AvgIpc) is 2.69. The van der Waals surface area contributed by atoms with Crippen LogP contribution in [-0.4, -0.2) is 24.2 Å². The van der Waals surface area contributed by atoms with E-state index in [2.05, 4.69) is 26.7 Å². The van der Waals surface area contributed by atoms with Crippen LogP contribution < -0.4 is 20.1 Å². The zero-order valence-electron chi connectivity index (χ0n) is 16.3. The minimum atomic E-state index is 0.478. The fourth-order valence-electron chi connectivity index (χ4n) is 2.89. The molecule has 0 radical (unpaired) electrons. The molecular weight excluding hydrogens is 376 g/mol. The molecule has 6 nitrogen and oxygen atoms in total. The Morgan fingerprint density at radius 3 is 2.50 bits per heavy atom. The maximum absolute atomic E-state index is 6.36. The number of nitrogens with one attached hydrogen (secondary N) is 2. The van der Waals surface area contributed by atoms with Gasteiger partial charge in [-0.15, -0.1) is 0 Å². The summed E-state index contributed by atoms with van der Waals surface area (Å²) in [6.07, 6.45) is 1.70. The lowest BCUT2D eigenvalue weighted by Crippen LogP contribution is -2.05. The standard InChI is InChI=1S/C21H23ClN4O2/c1-13-9-14(2)20(16(22)10-13)26-21-23-8-7-19(25-21)24-12-15-5-6-17(27-3)18(11-15)28-4/h5-11H,12H2,1-4H3,(H2,23,24,25,26). The first kappa shape index (κ1) is 19.8. The van der Waals surface area contributed by atoms with E-state index in [0.29, 0.717) is 34.8 Å². The van der Waals surface area contributed by atoms with Gasteiger partial charge in [0.15, 0.2) is 11.5 Å². The lowest BCUT2D eigenvalue weighted by molar-refractivity contribution is 0.354. The fraction of sp³-hybridized carbons (Fsp3) is 0.238. The summed E-state index contributed by atoms with van der Waals surface area (Å²) >= 11 is 6.36. The van der Waals surface area contributed by atoms with Gasteiger partial charge in [0, 0.05) is 12.7 Å². The number of nitrogens with zero attached hydrogens (tertiary/aromatic N) is 2. The van der Waals surface area contributed by atoms with Crippen molar-refractivity contribution in [2.24, 2.45) is 0 Å². The number of anilines is 3. The van der Waals surface area contributed by atoms with E-state index in [1.54, 1.807) is 20.4 Å². The predicted octanol–water partition coefficient (Wildman–Crippen LogP) is 5.12. The van der Waals surface area contributed by atoms with Crippen LogP contribution in [-0.2, 0) is 6.54 Å². The third-order valence-corrected chi connectivity index (χ3v) is 4.54. The summed E-state index contributed by atoms with van der Waals surface area (Å²) in [5.41, 5.74) is 4.00. The molecule has 0 aliphatic rings. The molecular formula is C21H23ClN4O2. The number of benzene rings is 2. The van der Waals surface area contributed by atoms with Gasteiger partial charge in [0.1, 0.15) is 5.82 Å². The van der Waals surface area contributed by atoms with Gasteiger partial charge in [0.2, 0.25) is 5.95 Å². The maximum Gasteiger partial charge on any atom is 0.229 e. The molecule has 0 spiro atoms. The number of hydrogen-bond donors (Lipinski definition) is 2. The summed E-state index contributed by atoms with van der Waals surface area (Å²) in [6.45, 7) is 4.60. The summed E-state index contributed by atoms with van der Waals surface area (Å²) in [4.78, 5) is 8.80. The lowest BCUT2D eigenvalue weighted by atomic mass is 10.1. The molecule has 2 aromatic carbocycles. The maximum atomic E-state index is 6.36. The number of aromatic nitrogens is 2. The molecule has 0 bridgehead atoms. The van der Waals surface area contributed by atoms with Crippen LogP contribution in [0.4, 0.5) is 17.5 Å². The highest BCUT2D eigenvalue weighted by molar-refractivity contribution is 6.33. The van der Waals surface area contributed by atoms with Gasteiger partial charge in [-0.25, -0.2) is 4.98 Å². The van der Waals surface area contributed by atoms with Crippen LogP contribution in [0.25, 0.3) is 0 Å². The first-order valence-electron chi connectivity index (χ1n) is 8.81. The van der Waals surface area contributed by atoms with Gasteiger partial charge in [-0.05, 0) is 54.8 Å². The van der Waals surface area contributed by atoms with Crippen LogP contribution in [0, 0.1) is 13.8 Å². The Kier molecular flexibility index (Phi) is 6.21. The molecule has 0 atom stereocenters. The monoisotopic (exact) mass is 398 g/mol. The first-order chi connectivity index (χ1) is 13.5. The number of aryl methyl sites for hydroxylation is 2. The molecule has 7 heteroatoms. The smallest absolute Gasteiger partial charge is 0.229 e. The van der Waals surface area contributed by atoms with E-state index in [4.69, 9.17) is 21.1 Å². The van der Waals surface area contributed by atoms with Crippen molar-refractivity contribution in [2.75, 3.05) is 24.9 Å². The minimum Gasteiger partial charge on any atom is -0.493 e. The second kappa shape index (κ2) is 8.80. The SMILES string of the molecule is COc1ccc(CNc2ccnc(Nc3c(C)cc(C)cc3Cl)n2)cc1OC. The van der Waals surface area contributed by atoms with Crippen LogP contribution in [0.5, 0.6) is 11.5 Å². The Hall–Kier alpha value is -2.99. The third kappa shape index (κ3) is 4.64. The van der Waals surface area contributed by atoms with Crippen LogP contribution in [0.2, 0.25) is 5.02 Å².